The van der Waals surface area contributed by atoms with Gasteiger partial charge in [-0.15, -0.1) is 11.6 Å². The molecule has 1 aliphatic heterocycles. The average Bonchev–Trinajstić information content (AvgIpc) is 2.74. The maximum Gasteiger partial charge on any atom is 0.210 e. The van der Waals surface area contributed by atoms with Gasteiger partial charge in [0.1, 0.15) is 6.10 Å². The minimum Gasteiger partial charge on any atom is -0.394 e. The summed E-state index contributed by atoms with van der Waals surface area (Å²) >= 11 is 17.8. The summed E-state index contributed by atoms with van der Waals surface area (Å²) < 4.78 is 11.2. The van der Waals surface area contributed by atoms with E-state index in [0.29, 0.717) is 15.6 Å². The van der Waals surface area contributed by atoms with Gasteiger partial charge in [0.05, 0.1) is 24.1 Å². The Balaban J connectivity index is 2.35. The number of aliphatic hydroxyl groups excluding tert-OH is 1. The highest BCUT2D eigenvalue weighted by atomic mass is 35.5. The molecule has 0 radical (unpaired) electrons. The van der Waals surface area contributed by atoms with Crippen LogP contribution in [0.2, 0.25) is 10.0 Å². The molecule has 1 aromatic rings. The van der Waals surface area contributed by atoms with E-state index < -0.39 is 5.79 Å². The van der Waals surface area contributed by atoms with Gasteiger partial charge in [-0.05, 0) is 12.1 Å². The number of hydrogen-bond acceptors (Lipinski definition) is 3. The van der Waals surface area contributed by atoms with Crippen molar-refractivity contribution in [2.24, 2.45) is 0 Å². The van der Waals surface area contributed by atoms with Crippen molar-refractivity contribution in [3.05, 3.63) is 33.8 Å². The van der Waals surface area contributed by atoms with Crippen LogP contribution >= 0.6 is 34.8 Å². The summed E-state index contributed by atoms with van der Waals surface area (Å²) in [6.07, 6.45) is -0.388. The van der Waals surface area contributed by atoms with Crippen LogP contribution in [0.3, 0.4) is 0 Å². The zero-order chi connectivity index (χ0) is 12.5. The number of aliphatic hydroxyl groups is 1. The lowest BCUT2D eigenvalue weighted by Crippen LogP contribution is -2.31. The molecule has 1 fully saturated rings. The molecule has 17 heavy (non-hydrogen) atoms. The van der Waals surface area contributed by atoms with Crippen LogP contribution in [-0.2, 0) is 15.3 Å². The lowest BCUT2D eigenvalue weighted by molar-refractivity contribution is -0.162. The van der Waals surface area contributed by atoms with Crippen LogP contribution in [0.15, 0.2) is 18.2 Å². The topological polar surface area (TPSA) is 38.7 Å². The number of alkyl halides is 1. The maximum absolute atomic E-state index is 9.05. The van der Waals surface area contributed by atoms with Crippen LogP contribution in [0.5, 0.6) is 0 Å². The van der Waals surface area contributed by atoms with E-state index in [4.69, 9.17) is 49.4 Å². The standard InChI is InChI=1S/C11H11Cl3O3/c12-6-11(16-5-8(4-15)17-11)9-2-1-7(13)3-10(9)14/h1-3,8,15H,4-6H2/t8-,11+/m1/s1. The third-order valence-electron chi connectivity index (χ3n) is 2.58. The molecule has 0 spiro atoms. The van der Waals surface area contributed by atoms with E-state index in [1.54, 1.807) is 18.2 Å². The Hall–Kier alpha value is -0.0300. The van der Waals surface area contributed by atoms with Gasteiger partial charge in [0.15, 0.2) is 0 Å². The number of hydrogen-bond donors (Lipinski definition) is 1. The first-order valence-electron chi connectivity index (χ1n) is 5.05. The summed E-state index contributed by atoms with van der Waals surface area (Å²) in [7, 11) is 0. The SMILES string of the molecule is OC[C@@H]1CO[C@](CCl)(c2ccc(Cl)cc2Cl)O1. The lowest BCUT2D eigenvalue weighted by atomic mass is 10.1. The molecular weight excluding hydrogens is 286 g/mol. The van der Waals surface area contributed by atoms with Crippen LogP contribution in [0.1, 0.15) is 5.56 Å². The highest BCUT2D eigenvalue weighted by Crippen LogP contribution is 2.39. The van der Waals surface area contributed by atoms with E-state index in [9.17, 15) is 0 Å². The largest absolute Gasteiger partial charge is 0.394 e. The molecule has 2 atom stereocenters. The first kappa shape index (κ1) is 13.4. The molecule has 94 valence electrons. The van der Waals surface area contributed by atoms with E-state index >= 15 is 0 Å². The number of halogens is 3. The molecule has 0 aromatic heterocycles. The van der Waals surface area contributed by atoms with Crippen LogP contribution in [-0.4, -0.2) is 30.3 Å². The van der Waals surface area contributed by atoms with E-state index in [0.717, 1.165) is 0 Å². The normalized spacial score (nSPS) is 28.6. The van der Waals surface area contributed by atoms with Gasteiger partial charge in [-0.1, -0.05) is 29.3 Å². The maximum atomic E-state index is 9.05. The Morgan fingerprint density at radius 2 is 2.18 bits per heavy atom. The zero-order valence-corrected chi connectivity index (χ0v) is 11.1. The van der Waals surface area contributed by atoms with E-state index in [1.807, 2.05) is 0 Å². The molecule has 0 amide bonds. The molecular formula is C11H11Cl3O3. The molecule has 3 nitrogen and oxygen atoms in total. The third kappa shape index (κ3) is 2.55. The predicted molar refractivity (Wildman–Crippen MR) is 66.8 cm³/mol. The van der Waals surface area contributed by atoms with E-state index in [2.05, 4.69) is 0 Å². The Bertz CT molecular complexity index is 413. The van der Waals surface area contributed by atoms with Crippen molar-refractivity contribution in [3.63, 3.8) is 0 Å². The molecule has 0 bridgehead atoms. The van der Waals surface area contributed by atoms with Gasteiger partial charge in [-0.25, -0.2) is 0 Å². The Kier molecular flexibility index (Phi) is 4.18. The second kappa shape index (κ2) is 5.31. The molecule has 1 N–H and O–H groups in total. The number of benzene rings is 1. The lowest BCUT2D eigenvalue weighted by Gasteiger charge is -2.27. The van der Waals surface area contributed by atoms with E-state index in [1.165, 1.54) is 0 Å². The highest BCUT2D eigenvalue weighted by molar-refractivity contribution is 6.35. The minimum atomic E-state index is -1.10. The second-order valence-corrected chi connectivity index (χ2v) is 4.86. The molecule has 1 saturated heterocycles. The minimum absolute atomic E-state index is 0.0881. The summed E-state index contributed by atoms with van der Waals surface area (Å²) in [6.45, 7) is 0.159. The van der Waals surface area contributed by atoms with Gasteiger partial charge < -0.3 is 14.6 Å². The number of rotatable bonds is 3. The Labute approximate surface area is 114 Å². The van der Waals surface area contributed by atoms with Crippen molar-refractivity contribution in [2.45, 2.75) is 11.9 Å². The van der Waals surface area contributed by atoms with Crippen molar-refractivity contribution in [1.82, 2.24) is 0 Å². The monoisotopic (exact) mass is 296 g/mol. The van der Waals surface area contributed by atoms with Gasteiger partial charge in [-0.3, -0.25) is 0 Å². The summed E-state index contributed by atoms with van der Waals surface area (Å²) in [5.41, 5.74) is 0.620. The molecule has 1 heterocycles. The van der Waals surface area contributed by atoms with Crippen molar-refractivity contribution in [2.75, 3.05) is 19.1 Å². The molecule has 1 aliphatic rings. The van der Waals surface area contributed by atoms with Gasteiger partial charge in [0.2, 0.25) is 5.79 Å². The quantitative estimate of drug-likeness (QED) is 0.872. The predicted octanol–water partition coefficient (Wildman–Crippen LogP) is 2.79. The molecule has 1 aromatic carbocycles. The van der Waals surface area contributed by atoms with Gasteiger partial charge in [0, 0.05) is 10.6 Å². The fraction of sp³-hybridized carbons (Fsp3) is 0.455. The molecule has 0 saturated carbocycles. The van der Waals surface area contributed by atoms with Gasteiger partial charge >= 0.3 is 0 Å². The van der Waals surface area contributed by atoms with E-state index in [-0.39, 0.29) is 25.2 Å². The fourth-order valence-electron chi connectivity index (χ4n) is 1.74. The van der Waals surface area contributed by atoms with Crippen LogP contribution in [0, 0.1) is 0 Å². The fourth-order valence-corrected chi connectivity index (χ4v) is 2.57. The van der Waals surface area contributed by atoms with Crippen LogP contribution in [0.25, 0.3) is 0 Å². The van der Waals surface area contributed by atoms with Gasteiger partial charge in [0.25, 0.3) is 0 Å². The smallest absolute Gasteiger partial charge is 0.210 e. The highest BCUT2D eigenvalue weighted by Gasteiger charge is 2.43. The average molecular weight is 298 g/mol. The molecule has 6 heteroatoms. The molecule has 0 unspecified atom stereocenters. The van der Waals surface area contributed by atoms with Crippen molar-refractivity contribution in [1.29, 1.82) is 0 Å². The molecule has 0 aliphatic carbocycles. The zero-order valence-electron chi connectivity index (χ0n) is 8.83. The Morgan fingerprint density at radius 3 is 2.71 bits per heavy atom. The van der Waals surface area contributed by atoms with Crippen LogP contribution in [0.4, 0.5) is 0 Å². The second-order valence-electron chi connectivity index (χ2n) is 3.74. The summed E-state index contributed by atoms with van der Waals surface area (Å²) in [6, 6.07) is 5.01. The van der Waals surface area contributed by atoms with Crippen molar-refractivity contribution >= 4 is 34.8 Å². The van der Waals surface area contributed by atoms with Crippen molar-refractivity contribution < 1.29 is 14.6 Å². The first-order chi connectivity index (χ1) is 8.11. The van der Waals surface area contributed by atoms with Gasteiger partial charge in [-0.2, -0.15) is 0 Å². The Morgan fingerprint density at radius 1 is 1.41 bits per heavy atom. The number of ether oxygens (including phenoxy) is 2. The third-order valence-corrected chi connectivity index (χ3v) is 3.48. The van der Waals surface area contributed by atoms with Crippen LogP contribution < -0.4 is 0 Å². The summed E-state index contributed by atoms with van der Waals surface area (Å²) in [4.78, 5) is 0. The summed E-state index contributed by atoms with van der Waals surface area (Å²) in [5.74, 6) is -1.01. The van der Waals surface area contributed by atoms with Crippen molar-refractivity contribution in [3.8, 4) is 0 Å². The first-order valence-corrected chi connectivity index (χ1v) is 6.34. The molecule has 2 rings (SSSR count). The summed E-state index contributed by atoms with van der Waals surface area (Å²) in [5, 5.41) is 10.0.